The number of benzene rings is 1. The molecule has 0 amide bonds. The maximum atomic E-state index is 14.8. The van der Waals surface area contributed by atoms with Crippen molar-refractivity contribution in [2.24, 2.45) is 17.8 Å². The molecule has 0 atom stereocenters. The molecule has 3 rings (SSSR count). The summed E-state index contributed by atoms with van der Waals surface area (Å²) in [5.74, 6) is -5.33. The monoisotopic (exact) mass is 400 g/mol. The van der Waals surface area contributed by atoms with Gasteiger partial charge in [-0.3, -0.25) is 0 Å². The van der Waals surface area contributed by atoms with Crippen LogP contribution in [0.3, 0.4) is 0 Å². The molecule has 2 aliphatic rings. The van der Waals surface area contributed by atoms with E-state index in [1.807, 2.05) is 0 Å². The highest BCUT2D eigenvalue weighted by Crippen LogP contribution is 2.43. The average molecular weight is 400 g/mol. The first-order valence-electron chi connectivity index (χ1n) is 10.6. The van der Waals surface area contributed by atoms with Crippen LogP contribution < -0.4 is 0 Å². The standard InChI is InChI=1S/C23H29F5/c1-2-3-14-4-6-16(7-5-14)21(26)22(27)17-10-8-15(9-11-17)18-12-19(24)23(28)20(25)13-18/h12-17H,2-11H2,1H3/b22-21+. The van der Waals surface area contributed by atoms with Crippen molar-refractivity contribution in [3.05, 3.63) is 46.8 Å². The highest BCUT2D eigenvalue weighted by Gasteiger charge is 2.32. The molecule has 5 heteroatoms. The van der Waals surface area contributed by atoms with Crippen LogP contribution in [0.4, 0.5) is 22.0 Å². The van der Waals surface area contributed by atoms with E-state index in [2.05, 4.69) is 6.92 Å². The largest absolute Gasteiger partial charge is 0.209 e. The van der Waals surface area contributed by atoms with E-state index in [-0.39, 0.29) is 11.8 Å². The first-order chi connectivity index (χ1) is 13.4. The molecule has 1 aromatic rings. The van der Waals surface area contributed by atoms with E-state index in [0.29, 0.717) is 50.0 Å². The van der Waals surface area contributed by atoms with Crippen molar-refractivity contribution in [2.75, 3.05) is 0 Å². The number of rotatable bonds is 5. The highest BCUT2D eigenvalue weighted by molar-refractivity contribution is 5.24. The summed E-state index contributed by atoms with van der Waals surface area (Å²) in [4.78, 5) is 0. The maximum absolute atomic E-state index is 14.8. The van der Waals surface area contributed by atoms with Crippen LogP contribution in [-0.2, 0) is 0 Å². The highest BCUT2D eigenvalue weighted by atomic mass is 19.2. The minimum atomic E-state index is -1.47. The van der Waals surface area contributed by atoms with Gasteiger partial charge < -0.3 is 0 Å². The molecule has 0 heterocycles. The van der Waals surface area contributed by atoms with Gasteiger partial charge in [-0.25, -0.2) is 22.0 Å². The van der Waals surface area contributed by atoms with Gasteiger partial charge in [0.05, 0.1) is 0 Å². The third-order valence-electron chi connectivity index (χ3n) is 6.69. The zero-order chi connectivity index (χ0) is 20.3. The predicted molar refractivity (Wildman–Crippen MR) is 101 cm³/mol. The van der Waals surface area contributed by atoms with Gasteiger partial charge >= 0.3 is 0 Å². The molecule has 0 N–H and O–H groups in total. The molecule has 0 radical (unpaired) electrons. The Morgan fingerprint density at radius 1 is 0.786 bits per heavy atom. The van der Waals surface area contributed by atoms with E-state index in [1.54, 1.807) is 0 Å². The summed E-state index contributed by atoms with van der Waals surface area (Å²) in [7, 11) is 0. The number of hydrogen-bond donors (Lipinski definition) is 0. The van der Waals surface area contributed by atoms with Crippen molar-refractivity contribution in [1.82, 2.24) is 0 Å². The molecule has 0 nitrogen and oxygen atoms in total. The second-order valence-electron chi connectivity index (χ2n) is 8.55. The van der Waals surface area contributed by atoms with Gasteiger partial charge in [0, 0.05) is 11.8 Å². The fourth-order valence-electron chi connectivity index (χ4n) is 4.99. The molecular formula is C23H29F5. The molecule has 0 aliphatic heterocycles. The van der Waals surface area contributed by atoms with Crippen LogP contribution in [0.5, 0.6) is 0 Å². The van der Waals surface area contributed by atoms with E-state index in [1.165, 1.54) is 0 Å². The Labute approximate surface area is 164 Å². The lowest BCUT2D eigenvalue weighted by molar-refractivity contribution is 0.241. The van der Waals surface area contributed by atoms with Crippen molar-refractivity contribution >= 4 is 0 Å². The van der Waals surface area contributed by atoms with E-state index in [0.717, 1.165) is 37.8 Å². The summed E-state index contributed by atoms with van der Waals surface area (Å²) >= 11 is 0. The van der Waals surface area contributed by atoms with Crippen molar-refractivity contribution in [2.45, 2.75) is 77.0 Å². The van der Waals surface area contributed by atoms with Crippen LogP contribution in [0.2, 0.25) is 0 Å². The number of hydrogen-bond acceptors (Lipinski definition) is 0. The molecule has 2 saturated carbocycles. The average Bonchev–Trinajstić information content (AvgIpc) is 2.71. The molecule has 156 valence electrons. The van der Waals surface area contributed by atoms with Crippen LogP contribution in [-0.4, -0.2) is 0 Å². The van der Waals surface area contributed by atoms with Gasteiger partial charge in [-0.05, 0) is 80.9 Å². The van der Waals surface area contributed by atoms with E-state index >= 15 is 0 Å². The van der Waals surface area contributed by atoms with Crippen molar-refractivity contribution in [3.63, 3.8) is 0 Å². The normalized spacial score (nSPS) is 29.5. The Balaban J connectivity index is 1.59. The maximum Gasteiger partial charge on any atom is 0.194 e. The van der Waals surface area contributed by atoms with Crippen molar-refractivity contribution in [3.8, 4) is 0 Å². The van der Waals surface area contributed by atoms with Gasteiger partial charge in [-0.1, -0.05) is 19.8 Å². The zero-order valence-corrected chi connectivity index (χ0v) is 16.4. The third-order valence-corrected chi connectivity index (χ3v) is 6.69. The van der Waals surface area contributed by atoms with Gasteiger partial charge in [0.15, 0.2) is 17.5 Å². The summed E-state index contributed by atoms with van der Waals surface area (Å²) in [5, 5.41) is 0. The SMILES string of the molecule is CCCC1CCC(/C(F)=C(\F)C2CCC(c3cc(F)c(F)c(F)c3)CC2)CC1. The number of halogens is 5. The lowest BCUT2D eigenvalue weighted by Crippen LogP contribution is -2.19. The minimum absolute atomic E-state index is 0.152. The van der Waals surface area contributed by atoms with Gasteiger partial charge in [-0.2, -0.15) is 0 Å². The second kappa shape index (κ2) is 9.41. The third kappa shape index (κ3) is 4.77. The van der Waals surface area contributed by atoms with Crippen LogP contribution in [0, 0.1) is 35.2 Å². The van der Waals surface area contributed by atoms with Crippen LogP contribution >= 0.6 is 0 Å². The topological polar surface area (TPSA) is 0 Å². The summed E-state index contributed by atoms with van der Waals surface area (Å²) in [6.07, 6.45) is 7.56. The fraction of sp³-hybridized carbons (Fsp3) is 0.652. The molecule has 0 unspecified atom stereocenters. The first kappa shape index (κ1) is 21.3. The van der Waals surface area contributed by atoms with Gasteiger partial charge in [0.1, 0.15) is 11.7 Å². The van der Waals surface area contributed by atoms with Crippen LogP contribution in [0.25, 0.3) is 0 Å². The molecule has 0 aromatic heterocycles. The lowest BCUT2D eigenvalue weighted by Gasteiger charge is -2.31. The summed E-state index contributed by atoms with van der Waals surface area (Å²) in [6.45, 7) is 2.15. The molecule has 2 aliphatic carbocycles. The fourth-order valence-corrected chi connectivity index (χ4v) is 4.99. The molecule has 2 fully saturated rings. The molecule has 0 bridgehead atoms. The number of allylic oxidation sites excluding steroid dienone is 2. The van der Waals surface area contributed by atoms with Gasteiger partial charge in [0.2, 0.25) is 0 Å². The Hall–Kier alpha value is -1.39. The van der Waals surface area contributed by atoms with E-state index in [4.69, 9.17) is 0 Å². The Morgan fingerprint density at radius 2 is 1.25 bits per heavy atom. The van der Waals surface area contributed by atoms with Crippen LogP contribution in [0.15, 0.2) is 23.8 Å². The summed E-state index contributed by atoms with van der Waals surface area (Å²) < 4.78 is 69.5. The van der Waals surface area contributed by atoms with Crippen LogP contribution in [0.1, 0.15) is 82.6 Å². The molecule has 0 saturated heterocycles. The van der Waals surface area contributed by atoms with Gasteiger partial charge in [0.25, 0.3) is 0 Å². The molecule has 0 spiro atoms. The summed E-state index contributed by atoms with van der Waals surface area (Å²) in [6, 6.07) is 2.04. The second-order valence-corrected chi connectivity index (χ2v) is 8.55. The molecular weight excluding hydrogens is 371 g/mol. The Morgan fingerprint density at radius 3 is 1.71 bits per heavy atom. The molecule has 28 heavy (non-hydrogen) atoms. The zero-order valence-electron chi connectivity index (χ0n) is 16.4. The summed E-state index contributed by atoms with van der Waals surface area (Å²) in [5.41, 5.74) is 0.397. The molecule has 1 aromatic carbocycles. The van der Waals surface area contributed by atoms with E-state index < -0.39 is 35.0 Å². The minimum Gasteiger partial charge on any atom is -0.209 e. The van der Waals surface area contributed by atoms with Gasteiger partial charge in [-0.15, -0.1) is 0 Å². The smallest absolute Gasteiger partial charge is 0.194 e. The van der Waals surface area contributed by atoms with E-state index in [9.17, 15) is 22.0 Å². The lowest BCUT2D eigenvalue weighted by atomic mass is 9.76. The Bertz CT molecular complexity index is 672. The van der Waals surface area contributed by atoms with Crippen molar-refractivity contribution < 1.29 is 22.0 Å². The Kier molecular flexibility index (Phi) is 7.16. The van der Waals surface area contributed by atoms with Crippen molar-refractivity contribution in [1.29, 1.82) is 0 Å². The predicted octanol–water partition coefficient (Wildman–Crippen LogP) is 8.13. The first-order valence-corrected chi connectivity index (χ1v) is 10.6. The quantitative estimate of drug-likeness (QED) is 0.346.